The van der Waals surface area contributed by atoms with Crippen LogP contribution < -0.4 is 10.6 Å². The van der Waals surface area contributed by atoms with Gasteiger partial charge in [-0.1, -0.05) is 0 Å². The van der Waals surface area contributed by atoms with Crippen LogP contribution in [0.3, 0.4) is 0 Å². The number of carbonyl (C=O) groups is 3. The van der Waals surface area contributed by atoms with Crippen molar-refractivity contribution in [2.75, 3.05) is 26.7 Å². The van der Waals surface area contributed by atoms with Gasteiger partial charge in [0.2, 0.25) is 11.8 Å². The van der Waals surface area contributed by atoms with Gasteiger partial charge in [-0.05, 0) is 0 Å². The molecule has 0 aromatic rings. The number of likely N-dealkylation sites (N-methyl/N-ethyl adjacent to an activating group) is 1. The zero-order chi connectivity index (χ0) is 11.4. The first kappa shape index (κ1) is 11.4. The third-order valence-electron chi connectivity index (χ3n) is 2.19. The number of carbonyl (C=O) groups excluding carboxylic acids is 2. The van der Waals surface area contributed by atoms with E-state index in [1.807, 2.05) is 0 Å². The van der Waals surface area contributed by atoms with Gasteiger partial charge in [-0.3, -0.25) is 19.3 Å². The Hall–Kier alpha value is -1.63. The monoisotopic (exact) mass is 215 g/mol. The van der Waals surface area contributed by atoms with Gasteiger partial charge in [0.05, 0.1) is 13.1 Å². The van der Waals surface area contributed by atoms with Crippen molar-refractivity contribution >= 4 is 17.8 Å². The highest BCUT2D eigenvalue weighted by Gasteiger charge is 2.32. The molecule has 2 amide bonds. The van der Waals surface area contributed by atoms with E-state index in [-0.39, 0.29) is 31.4 Å². The van der Waals surface area contributed by atoms with Gasteiger partial charge in [-0.2, -0.15) is 0 Å². The molecular formula is C8H13N3O4. The molecule has 0 bridgehead atoms. The first-order valence-corrected chi connectivity index (χ1v) is 4.48. The molecule has 1 saturated heterocycles. The average molecular weight is 215 g/mol. The third kappa shape index (κ3) is 2.91. The van der Waals surface area contributed by atoms with E-state index in [2.05, 4.69) is 10.6 Å². The van der Waals surface area contributed by atoms with E-state index in [4.69, 9.17) is 5.11 Å². The van der Waals surface area contributed by atoms with Crippen LogP contribution in [-0.2, 0) is 14.4 Å². The minimum atomic E-state index is -1.04. The molecule has 0 aromatic heterocycles. The van der Waals surface area contributed by atoms with E-state index in [0.29, 0.717) is 0 Å². The van der Waals surface area contributed by atoms with Crippen LogP contribution in [-0.4, -0.2) is 60.5 Å². The molecule has 1 rings (SSSR count). The zero-order valence-corrected chi connectivity index (χ0v) is 8.32. The van der Waals surface area contributed by atoms with Gasteiger partial charge in [-0.15, -0.1) is 0 Å². The standard InChI is InChI=1S/C8H13N3O4/c1-9-6(12)3-11-4-7(13)10-2-5(11)8(14)15/h5H,2-4H2,1H3,(H,9,12)(H,10,13)(H,14,15). The lowest BCUT2D eigenvalue weighted by atomic mass is 10.2. The average Bonchev–Trinajstić information content (AvgIpc) is 2.17. The van der Waals surface area contributed by atoms with Gasteiger partial charge >= 0.3 is 5.97 Å². The van der Waals surface area contributed by atoms with Crippen LogP contribution in [0.4, 0.5) is 0 Å². The molecular weight excluding hydrogens is 202 g/mol. The molecule has 1 fully saturated rings. The second-order valence-corrected chi connectivity index (χ2v) is 3.24. The summed E-state index contributed by atoms with van der Waals surface area (Å²) in [6.07, 6.45) is 0. The Balaban J connectivity index is 2.65. The summed E-state index contributed by atoms with van der Waals surface area (Å²) >= 11 is 0. The van der Waals surface area contributed by atoms with Crippen molar-refractivity contribution in [3.05, 3.63) is 0 Å². The lowest BCUT2D eigenvalue weighted by Gasteiger charge is -2.31. The molecule has 15 heavy (non-hydrogen) atoms. The normalized spacial score (nSPS) is 21.9. The fourth-order valence-electron chi connectivity index (χ4n) is 1.36. The number of nitrogens with one attached hydrogen (secondary N) is 2. The Morgan fingerprint density at radius 3 is 2.87 bits per heavy atom. The summed E-state index contributed by atoms with van der Waals surface area (Å²) in [6, 6.07) is -0.833. The Labute approximate surface area is 86.4 Å². The fourth-order valence-corrected chi connectivity index (χ4v) is 1.36. The van der Waals surface area contributed by atoms with Crippen LogP contribution in [0.25, 0.3) is 0 Å². The number of rotatable bonds is 3. The minimum Gasteiger partial charge on any atom is -0.480 e. The van der Waals surface area contributed by atoms with Gasteiger partial charge in [-0.25, -0.2) is 0 Å². The van der Waals surface area contributed by atoms with Crippen molar-refractivity contribution in [2.45, 2.75) is 6.04 Å². The van der Waals surface area contributed by atoms with E-state index < -0.39 is 12.0 Å². The maximum atomic E-state index is 11.1. The van der Waals surface area contributed by atoms with Crippen LogP contribution in [0.1, 0.15) is 0 Å². The molecule has 1 aliphatic rings. The van der Waals surface area contributed by atoms with E-state index in [9.17, 15) is 14.4 Å². The summed E-state index contributed by atoms with van der Waals surface area (Å²) in [5, 5.41) is 13.7. The van der Waals surface area contributed by atoms with Gasteiger partial charge in [0.15, 0.2) is 0 Å². The maximum absolute atomic E-state index is 11.1. The number of piperazine rings is 1. The van der Waals surface area contributed by atoms with Gasteiger partial charge in [0.25, 0.3) is 0 Å². The first-order chi connectivity index (χ1) is 7.04. The summed E-state index contributed by atoms with van der Waals surface area (Å²) in [5.74, 6) is -1.62. The predicted molar refractivity (Wildman–Crippen MR) is 50.1 cm³/mol. The fraction of sp³-hybridized carbons (Fsp3) is 0.625. The molecule has 1 atom stereocenters. The zero-order valence-electron chi connectivity index (χ0n) is 8.32. The summed E-state index contributed by atoms with van der Waals surface area (Å²) in [6.45, 7) is -0.115. The lowest BCUT2D eigenvalue weighted by Crippen LogP contribution is -2.59. The highest BCUT2D eigenvalue weighted by Crippen LogP contribution is 2.03. The maximum Gasteiger partial charge on any atom is 0.322 e. The number of hydrogen-bond acceptors (Lipinski definition) is 4. The minimum absolute atomic E-state index is 0.0329. The van der Waals surface area contributed by atoms with Crippen molar-refractivity contribution < 1.29 is 19.5 Å². The Morgan fingerprint density at radius 2 is 2.33 bits per heavy atom. The second-order valence-electron chi connectivity index (χ2n) is 3.24. The van der Waals surface area contributed by atoms with E-state index in [1.54, 1.807) is 0 Å². The Morgan fingerprint density at radius 1 is 1.67 bits per heavy atom. The number of carboxylic acids is 1. The molecule has 84 valence electrons. The molecule has 1 heterocycles. The number of hydrogen-bond donors (Lipinski definition) is 3. The summed E-state index contributed by atoms with van der Waals surface area (Å²) in [5.41, 5.74) is 0. The molecule has 1 unspecified atom stereocenters. The topological polar surface area (TPSA) is 98.7 Å². The van der Waals surface area contributed by atoms with Crippen molar-refractivity contribution in [2.24, 2.45) is 0 Å². The molecule has 3 N–H and O–H groups in total. The molecule has 1 aliphatic heterocycles. The molecule has 0 aromatic carbocycles. The summed E-state index contributed by atoms with van der Waals surface area (Å²) < 4.78 is 0. The van der Waals surface area contributed by atoms with E-state index in [1.165, 1.54) is 11.9 Å². The molecule has 0 aliphatic carbocycles. The van der Waals surface area contributed by atoms with Crippen LogP contribution in [0.5, 0.6) is 0 Å². The molecule has 7 heteroatoms. The Bertz CT molecular complexity index is 292. The first-order valence-electron chi connectivity index (χ1n) is 4.48. The van der Waals surface area contributed by atoms with E-state index >= 15 is 0 Å². The molecule has 0 saturated carbocycles. The highest BCUT2D eigenvalue weighted by molar-refractivity contribution is 5.85. The predicted octanol–water partition coefficient (Wildman–Crippen LogP) is -2.38. The SMILES string of the molecule is CNC(=O)CN1CC(=O)NCC1C(=O)O. The number of aliphatic carboxylic acids is 1. The molecule has 0 radical (unpaired) electrons. The second kappa shape index (κ2) is 4.74. The van der Waals surface area contributed by atoms with Crippen LogP contribution in [0.15, 0.2) is 0 Å². The van der Waals surface area contributed by atoms with Crippen molar-refractivity contribution in [1.82, 2.24) is 15.5 Å². The third-order valence-corrected chi connectivity index (χ3v) is 2.19. The van der Waals surface area contributed by atoms with Crippen LogP contribution >= 0.6 is 0 Å². The number of nitrogens with zero attached hydrogens (tertiary/aromatic N) is 1. The van der Waals surface area contributed by atoms with Crippen molar-refractivity contribution in [3.63, 3.8) is 0 Å². The summed E-state index contributed by atoms with van der Waals surface area (Å²) in [7, 11) is 1.46. The van der Waals surface area contributed by atoms with Crippen molar-refractivity contribution in [1.29, 1.82) is 0 Å². The smallest absolute Gasteiger partial charge is 0.322 e. The number of amides is 2. The number of carboxylic acid groups (broad SMARTS) is 1. The molecule has 7 nitrogen and oxygen atoms in total. The van der Waals surface area contributed by atoms with Gasteiger partial charge in [0, 0.05) is 13.6 Å². The van der Waals surface area contributed by atoms with E-state index in [0.717, 1.165) is 0 Å². The molecule has 0 spiro atoms. The Kier molecular flexibility index (Phi) is 3.62. The lowest BCUT2D eigenvalue weighted by molar-refractivity contribution is -0.146. The summed E-state index contributed by atoms with van der Waals surface area (Å²) in [4.78, 5) is 34.3. The quantitative estimate of drug-likeness (QED) is 0.488. The van der Waals surface area contributed by atoms with Crippen LogP contribution in [0, 0.1) is 0 Å². The highest BCUT2D eigenvalue weighted by atomic mass is 16.4. The largest absolute Gasteiger partial charge is 0.480 e. The van der Waals surface area contributed by atoms with Gasteiger partial charge < -0.3 is 15.7 Å². The van der Waals surface area contributed by atoms with Gasteiger partial charge in [0.1, 0.15) is 6.04 Å². The van der Waals surface area contributed by atoms with Crippen molar-refractivity contribution in [3.8, 4) is 0 Å². The van der Waals surface area contributed by atoms with Crippen LogP contribution in [0.2, 0.25) is 0 Å².